The van der Waals surface area contributed by atoms with Gasteiger partial charge in [-0.3, -0.25) is 0 Å². The minimum Gasteiger partial charge on any atom is -0.376 e. The molecule has 2 rings (SSSR count). The summed E-state index contributed by atoms with van der Waals surface area (Å²) in [6.07, 6.45) is 4.41. The van der Waals surface area contributed by atoms with Crippen molar-refractivity contribution < 1.29 is 8.78 Å². The molecule has 0 aliphatic carbocycles. The number of halogens is 3. The lowest BCUT2D eigenvalue weighted by molar-refractivity contribution is 0.584. The smallest absolute Gasteiger partial charge is 0.150 e. The van der Waals surface area contributed by atoms with Gasteiger partial charge in [-0.2, -0.15) is 0 Å². The summed E-state index contributed by atoms with van der Waals surface area (Å²) in [7, 11) is 0. The van der Waals surface area contributed by atoms with Crippen LogP contribution in [0.1, 0.15) is 19.0 Å². The van der Waals surface area contributed by atoms with Gasteiger partial charge in [0.2, 0.25) is 0 Å². The zero-order valence-corrected chi connectivity index (χ0v) is 11.2. The lowest BCUT2D eigenvalue weighted by Gasteiger charge is -2.11. The predicted molar refractivity (Wildman–Crippen MR) is 71.2 cm³/mol. The minimum absolute atomic E-state index is 0.0269. The first-order valence-electron chi connectivity index (χ1n) is 5.99. The normalized spacial score (nSPS) is 10.7. The number of aryl methyl sites for hydroxylation is 1. The number of nitrogens with one attached hydrogen (secondary N) is 1. The summed E-state index contributed by atoms with van der Waals surface area (Å²) in [4.78, 5) is 4.05. The molecule has 1 aromatic heterocycles. The fourth-order valence-electron chi connectivity index (χ4n) is 1.83. The summed E-state index contributed by atoms with van der Waals surface area (Å²) in [6, 6.07) is 1.88. The molecule has 0 aliphatic heterocycles. The van der Waals surface area contributed by atoms with Gasteiger partial charge in [-0.25, -0.2) is 13.8 Å². The first-order chi connectivity index (χ1) is 9.11. The van der Waals surface area contributed by atoms with E-state index < -0.39 is 11.6 Å². The summed E-state index contributed by atoms with van der Waals surface area (Å²) in [6.45, 7) is 3.28. The van der Waals surface area contributed by atoms with Crippen LogP contribution in [0, 0.1) is 11.6 Å². The van der Waals surface area contributed by atoms with Crippen LogP contribution in [0.15, 0.2) is 24.7 Å². The van der Waals surface area contributed by atoms with Gasteiger partial charge in [0.15, 0.2) is 5.82 Å². The maximum atomic E-state index is 13.6. The first-order valence-corrected chi connectivity index (χ1v) is 6.37. The fourth-order valence-corrected chi connectivity index (χ4v) is 2.09. The Hall–Kier alpha value is -1.62. The van der Waals surface area contributed by atoms with Gasteiger partial charge in [-0.15, -0.1) is 0 Å². The molecular weight excluding hydrogens is 272 g/mol. The number of rotatable bonds is 5. The quantitative estimate of drug-likeness (QED) is 0.905. The van der Waals surface area contributed by atoms with Crippen LogP contribution in [0.4, 0.5) is 14.5 Å². The van der Waals surface area contributed by atoms with Gasteiger partial charge in [0.25, 0.3) is 0 Å². The van der Waals surface area contributed by atoms with Gasteiger partial charge < -0.3 is 9.88 Å². The molecule has 0 amide bonds. The molecule has 1 aromatic carbocycles. The molecule has 0 fully saturated rings. The van der Waals surface area contributed by atoms with Crippen LogP contribution < -0.4 is 5.32 Å². The van der Waals surface area contributed by atoms with Gasteiger partial charge in [0.1, 0.15) is 5.82 Å². The second-order valence-electron chi connectivity index (χ2n) is 4.18. The number of aromatic nitrogens is 2. The third-order valence-corrected chi connectivity index (χ3v) is 3.01. The Bertz CT molecular complexity index is 546. The van der Waals surface area contributed by atoms with Crippen molar-refractivity contribution in [2.45, 2.75) is 26.4 Å². The highest BCUT2D eigenvalue weighted by molar-refractivity contribution is 6.33. The molecule has 0 spiro atoms. The standard InChI is InChI=1S/C13H14ClF2N3/c1-2-3-19-8-17-6-10(19)7-18-13-11(14)4-9(15)5-12(13)16/h4-6,8,18H,2-3,7H2,1H3. The van der Waals surface area contributed by atoms with Crippen LogP contribution in [0.3, 0.4) is 0 Å². The van der Waals surface area contributed by atoms with E-state index in [1.54, 1.807) is 12.5 Å². The third-order valence-electron chi connectivity index (χ3n) is 2.72. The Morgan fingerprint density at radius 2 is 2.16 bits per heavy atom. The predicted octanol–water partition coefficient (Wildman–Crippen LogP) is 3.84. The molecule has 0 aliphatic rings. The van der Waals surface area contributed by atoms with E-state index in [4.69, 9.17) is 11.6 Å². The summed E-state index contributed by atoms with van der Waals surface area (Å²) in [5.41, 5.74) is 1.02. The van der Waals surface area contributed by atoms with E-state index in [0.29, 0.717) is 6.54 Å². The average Bonchev–Trinajstić information content (AvgIpc) is 2.76. The van der Waals surface area contributed by atoms with Crippen molar-refractivity contribution in [1.82, 2.24) is 9.55 Å². The molecule has 0 atom stereocenters. The monoisotopic (exact) mass is 285 g/mol. The molecule has 0 radical (unpaired) electrons. The molecule has 102 valence electrons. The Balaban J connectivity index is 2.12. The molecule has 19 heavy (non-hydrogen) atoms. The first kappa shape index (κ1) is 13.8. The van der Waals surface area contributed by atoms with Crippen molar-refractivity contribution in [2.24, 2.45) is 0 Å². The number of anilines is 1. The zero-order chi connectivity index (χ0) is 13.8. The highest BCUT2D eigenvalue weighted by Crippen LogP contribution is 2.26. The van der Waals surface area contributed by atoms with Crippen molar-refractivity contribution in [3.05, 3.63) is 47.0 Å². The molecule has 0 saturated carbocycles. The van der Waals surface area contributed by atoms with E-state index in [-0.39, 0.29) is 10.7 Å². The van der Waals surface area contributed by atoms with Crippen LogP contribution in [0.2, 0.25) is 5.02 Å². The van der Waals surface area contributed by atoms with Gasteiger partial charge in [0, 0.05) is 18.8 Å². The number of hydrogen-bond donors (Lipinski definition) is 1. The lowest BCUT2D eigenvalue weighted by atomic mass is 10.3. The van der Waals surface area contributed by atoms with Crippen LogP contribution in [0.5, 0.6) is 0 Å². The fraction of sp³-hybridized carbons (Fsp3) is 0.308. The topological polar surface area (TPSA) is 29.9 Å². The highest BCUT2D eigenvalue weighted by atomic mass is 35.5. The van der Waals surface area contributed by atoms with E-state index in [9.17, 15) is 8.78 Å². The van der Waals surface area contributed by atoms with E-state index in [1.165, 1.54) is 0 Å². The number of nitrogens with zero attached hydrogens (tertiary/aromatic N) is 2. The van der Waals surface area contributed by atoms with Crippen molar-refractivity contribution in [2.75, 3.05) is 5.32 Å². The summed E-state index contributed by atoms with van der Waals surface area (Å²) in [5.74, 6) is -1.39. The molecule has 1 heterocycles. The SMILES string of the molecule is CCCn1cncc1CNc1c(F)cc(F)cc1Cl. The molecule has 0 saturated heterocycles. The zero-order valence-electron chi connectivity index (χ0n) is 10.5. The summed E-state index contributed by atoms with van der Waals surface area (Å²) >= 11 is 5.81. The second-order valence-corrected chi connectivity index (χ2v) is 4.58. The minimum atomic E-state index is -0.702. The van der Waals surface area contributed by atoms with Crippen molar-refractivity contribution in [3.63, 3.8) is 0 Å². The molecule has 3 nitrogen and oxygen atoms in total. The second kappa shape index (κ2) is 6.02. The Labute approximate surface area is 115 Å². The number of benzene rings is 1. The Morgan fingerprint density at radius 1 is 1.37 bits per heavy atom. The average molecular weight is 286 g/mol. The van der Waals surface area contributed by atoms with Crippen molar-refractivity contribution >= 4 is 17.3 Å². The highest BCUT2D eigenvalue weighted by Gasteiger charge is 2.10. The van der Waals surface area contributed by atoms with Crippen LogP contribution in [0.25, 0.3) is 0 Å². The van der Waals surface area contributed by atoms with Crippen LogP contribution >= 0.6 is 11.6 Å². The molecule has 6 heteroatoms. The van der Waals surface area contributed by atoms with Gasteiger partial charge >= 0.3 is 0 Å². The van der Waals surface area contributed by atoms with E-state index in [2.05, 4.69) is 17.2 Å². The Morgan fingerprint density at radius 3 is 2.84 bits per heavy atom. The molecule has 1 N–H and O–H groups in total. The Kier molecular flexibility index (Phi) is 4.37. The molecule has 2 aromatic rings. The van der Waals surface area contributed by atoms with Gasteiger partial charge in [-0.1, -0.05) is 18.5 Å². The summed E-state index contributed by atoms with van der Waals surface area (Å²) < 4.78 is 28.5. The van der Waals surface area contributed by atoms with Crippen LogP contribution in [-0.4, -0.2) is 9.55 Å². The van der Waals surface area contributed by atoms with Gasteiger partial charge in [0.05, 0.1) is 29.3 Å². The third kappa shape index (κ3) is 3.23. The van der Waals surface area contributed by atoms with Crippen LogP contribution in [-0.2, 0) is 13.1 Å². The maximum absolute atomic E-state index is 13.6. The summed E-state index contributed by atoms with van der Waals surface area (Å²) in [5, 5.41) is 2.90. The van der Waals surface area contributed by atoms with E-state index in [1.807, 2.05) is 4.57 Å². The number of hydrogen-bond acceptors (Lipinski definition) is 2. The maximum Gasteiger partial charge on any atom is 0.150 e. The van der Waals surface area contributed by atoms with E-state index >= 15 is 0 Å². The molecule has 0 unspecified atom stereocenters. The molecular formula is C13H14ClF2N3. The largest absolute Gasteiger partial charge is 0.376 e. The number of imidazole rings is 1. The van der Waals surface area contributed by atoms with Crippen molar-refractivity contribution in [3.8, 4) is 0 Å². The lowest BCUT2D eigenvalue weighted by Crippen LogP contribution is -2.08. The van der Waals surface area contributed by atoms with Crippen molar-refractivity contribution in [1.29, 1.82) is 0 Å². The van der Waals surface area contributed by atoms with E-state index in [0.717, 1.165) is 30.8 Å². The van der Waals surface area contributed by atoms with Gasteiger partial charge in [-0.05, 0) is 12.5 Å². The molecule has 0 bridgehead atoms.